The summed E-state index contributed by atoms with van der Waals surface area (Å²) in [6.07, 6.45) is 1.22. The van der Waals surface area contributed by atoms with Crippen LogP contribution in [0.1, 0.15) is 53.0 Å². The second-order valence-corrected chi connectivity index (χ2v) is 12.1. The first-order valence-corrected chi connectivity index (χ1v) is 12.4. The van der Waals surface area contributed by atoms with Gasteiger partial charge in [0.15, 0.2) is 0 Å². The summed E-state index contributed by atoms with van der Waals surface area (Å²) < 4.78 is 11.5. The van der Waals surface area contributed by atoms with Crippen LogP contribution in [0, 0.1) is 11.3 Å². The first-order valence-electron chi connectivity index (χ1n) is 11.6. The molecule has 0 bridgehead atoms. The Hall–Kier alpha value is -3.24. The lowest BCUT2D eigenvalue weighted by Gasteiger charge is -2.21. The Bertz CT molecular complexity index is 1350. The summed E-state index contributed by atoms with van der Waals surface area (Å²) in [6.45, 7) is 9.15. The third kappa shape index (κ3) is 4.94. The van der Waals surface area contributed by atoms with Crippen molar-refractivity contribution in [3.63, 3.8) is 0 Å². The normalized spacial score (nSPS) is 14.9. The molecule has 2 aromatic carbocycles. The van der Waals surface area contributed by atoms with Crippen molar-refractivity contribution in [3.05, 3.63) is 54.1 Å². The average Bonchev–Trinajstić information content (AvgIpc) is 3.50. The van der Waals surface area contributed by atoms with Gasteiger partial charge in [0.2, 0.25) is 0 Å². The largest absolute Gasteiger partial charge is 0.468 e. The molecule has 7 heteroatoms. The van der Waals surface area contributed by atoms with Crippen LogP contribution in [-0.4, -0.2) is 34.1 Å². The highest BCUT2D eigenvalue weighted by atomic mass is 32.2. The maximum absolute atomic E-state index is 13.3. The van der Waals surface area contributed by atoms with Crippen LogP contribution in [0.5, 0.6) is 0 Å². The second-order valence-electron chi connectivity index (χ2n) is 10.4. The van der Waals surface area contributed by atoms with E-state index in [1.54, 1.807) is 4.57 Å². The highest BCUT2D eigenvalue weighted by Gasteiger charge is 2.45. The Kier molecular flexibility index (Phi) is 6.23. The van der Waals surface area contributed by atoms with Crippen molar-refractivity contribution in [3.8, 4) is 17.3 Å². The Morgan fingerprint density at radius 3 is 2.37 bits per heavy atom. The predicted molar refractivity (Wildman–Crippen MR) is 137 cm³/mol. The SMILES string of the molecule is COC(=O)C(C)(C)Sc1ccc2c(c1)cc(-c1cccc(C3(C#N)CC3)c1)n2C(=O)OC(C)(C)C. The van der Waals surface area contributed by atoms with Gasteiger partial charge in [0.25, 0.3) is 0 Å². The Morgan fingerprint density at radius 1 is 1.06 bits per heavy atom. The van der Waals surface area contributed by atoms with Crippen LogP contribution < -0.4 is 0 Å². The number of fused-ring (bicyclic) bond motifs is 1. The van der Waals surface area contributed by atoms with Gasteiger partial charge in [-0.1, -0.05) is 18.2 Å². The second kappa shape index (κ2) is 8.76. The number of aromatic nitrogens is 1. The summed E-state index contributed by atoms with van der Waals surface area (Å²) in [5.41, 5.74) is 2.12. The predicted octanol–water partition coefficient (Wildman–Crippen LogP) is 6.69. The molecule has 1 saturated carbocycles. The topological polar surface area (TPSA) is 81.3 Å². The van der Waals surface area contributed by atoms with Crippen LogP contribution in [-0.2, 0) is 19.7 Å². The number of nitriles is 1. The van der Waals surface area contributed by atoms with Crippen molar-refractivity contribution in [2.75, 3.05) is 7.11 Å². The number of methoxy groups -OCH3 is 1. The summed E-state index contributed by atoms with van der Waals surface area (Å²) >= 11 is 1.40. The van der Waals surface area contributed by atoms with E-state index in [9.17, 15) is 14.9 Å². The van der Waals surface area contributed by atoms with Crippen LogP contribution in [0.3, 0.4) is 0 Å². The molecule has 0 N–H and O–H groups in total. The molecule has 1 aliphatic carbocycles. The minimum Gasteiger partial charge on any atom is -0.468 e. The third-order valence-electron chi connectivity index (χ3n) is 6.07. The summed E-state index contributed by atoms with van der Waals surface area (Å²) in [5, 5.41) is 10.5. The van der Waals surface area contributed by atoms with Crippen molar-refractivity contribution in [1.82, 2.24) is 4.57 Å². The molecule has 0 radical (unpaired) electrons. The average molecular weight is 491 g/mol. The van der Waals surface area contributed by atoms with Gasteiger partial charge in [-0.15, -0.1) is 11.8 Å². The van der Waals surface area contributed by atoms with Crippen molar-refractivity contribution in [2.24, 2.45) is 0 Å². The minimum atomic E-state index is -0.761. The van der Waals surface area contributed by atoms with E-state index >= 15 is 0 Å². The van der Waals surface area contributed by atoms with E-state index in [0.717, 1.165) is 34.3 Å². The lowest BCUT2D eigenvalue weighted by molar-refractivity contribution is -0.142. The highest BCUT2D eigenvalue weighted by Crippen LogP contribution is 2.48. The van der Waals surface area contributed by atoms with E-state index in [4.69, 9.17) is 9.47 Å². The van der Waals surface area contributed by atoms with Gasteiger partial charge in [0.1, 0.15) is 10.3 Å². The molecule has 0 atom stereocenters. The fraction of sp³-hybridized carbons (Fsp3) is 0.393. The van der Waals surface area contributed by atoms with Crippen LogP contribution in [0.25, 0.3) is 22.2 Å². The van der Waals surface area contributed by atoms with Gasteiger partial charge < -0.3 is 9.47 Å². The first kappa shape index (κ1) is 24.9. The molecular formula is C28H30N2O4S. The number of thioether (sulfide) groups is 1. The maximum atomic E-state index is 13.3. The van der Waals surface area contributed by atoms with E-state index in [-0.39, 0.29) is 5.97 Å². The Morgan fingerprint density at radius 2 is 1.77 bits per heavy atom. The summed E-state index contributed by atoms with van der Waals surface area (Å²) in [4.78, 5) is 26.4. The molecule has 0 unspecified atom stereocenters. The standard InChI is InChI=1S/C28H30N2O4S/c1-26(2,3)34-25(32)30-22-11-10-21(35-27(4,5)24(31)33-6)15-19(22)16-23(30)18-8-7-9-20(14-18)28(17-29)12-13-28/h7-11,14-16H,12-13H2,1-6H3. The fourth-order valence-electron chi connectivity index (χ4n) is 4.12. The summed E-state index contributed by atoms with van der Waals surface area (Å²) in [7, 11) is 1.38. The lowest BCUT2D eigenvalue weighted by Crippen LogP contribution is -2.28. The van der Waals surface area contributed by atoms with Gasteiger partial charge in [0.05, 0.1) is 29.8 Å². The molecule has 0 spiro atoms. The number of benzene rings is 2. The van der Waals surface area contributed by atoms with E-state index < -0.39 is 21.9 Å². The number of esters is 1. The minimum absolute atomic E-state index is 0.307. The van der Waals surface area contributed by atoms with Crippen molar-refractivity contribution >= 4 is 34.7 Å². The maximum Gasteiger partial charge on any atom is 0.419 e. The molecule has 35 heavy (non-hydrogen) atoms. The zero-order valence-electron chi connectivity index (χ0n) is 21.0. The number of rotatable bonds is 5. The number of nitrogens with zero attached hydrogens (tertiary/aromatic N) is 2. The smallest absolute Gasteiger partial charge is 0.419 e. The van der Waals surface area contributed by atoms with E-state index in [2.05, 4.69) is 6.07 Å². The van der Waals surface area contributed by atoms with Crippen LogP contribution >= 0.6 is 11.8 Å². The van der Waals surface area contributed by atoms with Gasteiger partial charge in [-0.05, 0) is 88.9 Å². The van der Waals surface area contributed by atoms with Gasteiger partial charge >= 0.3 is 12.1 Å². The number of ether oxygens (including phenoxy) is 2. The zero-order chi connectivity index (χ0) is 25.6. The highest BCUT2D eigenvalue weighted by molar-refractivity contribution is 8.01. The summed E-state index contributed by atoms with van der Waals surface area (Å²) in [6, 6.07) is 18.0. The van der Waals surface area contributed by atoms with E-state index in [1.807, 2.05) is 83.1 Å². The van der Waals surface area contributed by atoms with Crippen LogP contribution in [0.2, 0.25) is 0 Å². The monoisotopic (exact) mass is 490 g/mol. The molecule has 1 fully saturated rings. The molecule has 0 amide bonds. The van der Waals surface area contributed by atoms with Crippen molar-refractivity contribution < 1.29 is 19.1 Å². The van der Waals surface area contributed by atoms with E-state index in [1.165, 1.54) is 18.9 Å². The quantitative estimate of drug-likeness (QED) is 0.293. The Balaban J connectivity index is 1.84. The molecular weight excluding hydrogens is 460 g/mol. The molecule has 3 aromatic rings. The molecule has 1 aromatic heterocycles. The van der Waals surface area contributed by atoms with E-state index in [0.29, 0.717) is 11.2 Å². The van der Waals surface area contributed by atoms with Gasteiger partial charge in [-0.2, -0.15) is 5.26 Å². The van der Waals surface area contributed by atoms with Gasteiger partial charge in [-0.25, -0.2) is 9.36 Å². The molecule has 1 aliphatic rings. The molecule has 0 saturated heterocycles. The number of carbonyl (C=O) groups is 2. The Labute approximate surface area is 210 Å². The molecule has 4 rings (SSSR count). The number of hydrogen-bond acceptors (Lipinski definition) is 6. The van der Waals surface area contributed by atoms with Crippen LogP contribution in [0.4, 0.5) is 4.79 Å². The molecule has 6 nitrogen and oxygen atoms in total. The molecule has 0 aliphatic heterocycles. The number of carbonyl (C=O) groups excluding carboxylic acids is 2. The molecule has 1 heterocycles. The lowest BCUT2D eigenvalue weighted by atomic mass is 9.95. The van der Waals surface area contributed by atoms with Crippen molar-refractivity contribution in [2.45, 2.75) is 68.1 Å². The van der Waals surface area contributed by atoms with Crippen molar-refractivity contribution in [1.29, 1.82) is 5.26 Å². The number of hydrogen-bond donors (Lipinski definition) is 0. The first-order chi connectivity index (χ1) is 16.4. The van der Waals surface area contributed by atoms with Crippen LogP contribution in [0.15, 0.2) is 53.4 Å². The third-order valence-corrected chi connectivity index (χ3v) is 7.24. The molecule has 182 valence electrons. The zero-order valence-corrected chi connectivity index (χ0v) is 21.8. The van der Waals surface area contributed by atoms with Gasteiger partial charge in [0, 0.05) is 10.3 Å². The fourth-order valence-corrected chi connectivity index (χ4v) is 5.20. The summed E-state index contributed by atoms with van der Waals surface area (Å²) in [5.74, 6) is -0.307. The van der Waals surface area contributed by atoms with Gasteiger partial charge in [-0.3, -0.25) is 4.79 Å².